The summed E-state index contributed by atoms with van der Waals surface area (Å²) < 4.78 is 14.7. The maximum atomic E-state index is 12.2. The van der Waals surface area contributed by atoms with E-state index in [1.807, 2.05) is 60.1 Å². The molecule has 0 radical (unpaired) electrons. The van der Waals surface area contributed by atoms with Gasteiger partial charge in [-0.05, 0) is 29.5 Å². The fourth-order valence-electron chi connectivity index (χ4n) is 4.59. The zero-order chi connectivity index (χ0) is 29.0. The van der Waals surface area contributed by atoms with Crippen LogP contribution in [0.1, 0.15) is 79.6 Å². The lowest BCUT2D eigenvalue weighted by Crippen LogP contribution is -2.31. The van der Waals surface area contributed by atoms with Gasteiger partial charge in [-0.3, -0.25) is 9.59 Å². The largest absolute Gasteiger partial charge is 0.481 e. The highest BCUT2D eigenvalue weighted by atomic mass is 32.2. The maximum Gasteiger partial charge on any atom is 0.303 e. The highest BCUT2D eigenvalue weighted by molar-refractivity contribution is 7.99. The van der Waals surface area contributed by atoms with Crippen LogP contribution in [0.15, 0.2) is 60.0 Å². The van der Waals surface area contributed by atoms with Crippen LogP contribution in [0.2, 0.25) is 0 Å². The molecular formula is C30H38N4O6S. The van der Waals surface area contributed by atoms with Crippen LogP contribution >= 0.6 is 11.8 Å². The van der Waals surface area contributed by atoms with Gasteiger partial charge < -0.3 is 29.6 Å². The normalized spacial score (nSPS) is 18.7. The topological polar surface area (TPSA) is 136 Å². The van der Waals surface area contributed by atoms with Crippen molar-refractivity contribution < 1.29 is 29.3 Å². The lowest BCUT2D eigenvalue weighted by molar-refractivity contribution is -0.245. The second kappa shape index (κ2) is 15.7. The lowest BCUT2D eigenvalue weighted by atomic mass is 10.0. The summed E-state index contributed by atoms with van der Waals surface area (Å²) in [5.74, 6) is -0.0909. The maximum absolute atomic E-state index is 12.2. The molecule has 4 rings (SSSR count). The highest BCUT2D eigenvalue weighted by Crippen LogP contribution is 2.39. The first-order valence-corrected chi connectivity index (χ1v) is 14.9. The number of amides is 1. The van der Waals surface area contributed by atoms with Crippen LogP contribution in [0.3, 0.4) is 0 Å². The van der Waals surface area contributed by atoms with Crippen LogP contribution in [0.25, 0.3) is 0 Å². The van der Waals surface area contributed by atoms with Crippen LogP contribution < -0.4 is 5.32 Å². The number of aromatic nitrogens is 3. The first kappa shape index (κ1) is 30.7. The molecule has 1 saturated heterocycles. The number of thioether (sulfide) groups is 1. The van der Waals surface area contributed by atoms with Crippen LogP contribution in [0.5, 0.6) is 0 Å². The minimum Gasteiger partial charge on any atom is -0.481 e. The van der Waals surface area contributed by atoms with Gasteiger partial charge in [-0.2, -0.15) is 0 Å². The van der Waals surface area contributed by atoms with Crippen LogP contribution in [0.4, 0.5) is 0 Å². The number of rotatable bonds is 15. The molecular weight excluding hydrogens is 544 g/mol. The van der Waals surface area contributed by atoms with Crippen LogP contribution in [-0.4, -0.2) is 48.7 Å². The molecule has 1 amide bonds. The Morgan fingerprint density at radius 3 is 2.32 bits per heavy atom. The minimum absolute atomic E-state index is 0.00406. The van der Waals surface area contributed by atoms with Crippen molar-refractivity contribution in [3.63, 3.8) is 0 Å². The van der Waals surface area contributed by atoms with Gasteiger partial charge in [-0.25, -0.2) is 0 Å². The molecule has 1 fully saturated rings. The Hall–Kier alpha value is -3.25. The molecule has 0 saturated carbocycles. The van der Waals surface area contributed by atoms with Crippen molar-refractivity contribution in [3.8, 4) is 0 Å². The predicted molar refractivity (Wildman–Crippen MR) is 154 cm³/mol. The quantitative estimate of drug-likeness (QED) is 0.172. The van der Waals surface area contributed by atoms with Crippen LogP contribution in [-0.2, 0) is 39.3 Å². The molecule has 1 aromatic heterocycles. The molecule has 0 bridgehead atoms. The SMILES string of the molecule is Cn1cnnc1SC[C@H]1C[C@@H](c2ccc(CO)cc2)O[C@@H](c2ccc(CNC(=O)CCCCCCC(=O)O)cc2)O1. The summed E-state index contributed by atoms with van der Waals surface area (Å²) in [5.41, 5.74) is 3.76. The molecule has 3 aromatic rings. The first-order valence-electron chi connectivity index (χ1n) is 14.0. The number of ether oxygens (including phenoxy) is 2. The number of carbonyl (C=O) groups excluding carboxylic acids is 1. The van der Waals surface area contributed by atoms with Crippen molar-refractivity contribution in [2.75, 3.05) is 5.75 Å². The number of nitrogens with one attached hydrogen (secondary N) is 1. The number of nitrogens with zero attached hydrogens (tertiary/aromatic N) is 3. The van der Waals surface area contributed by atoms with E-state index in [1.54, 1.807) is 18.1 Å². The third kappa shape index (κ3) is 9.67. The summed E-state index contributed by atoms with van der Waals surface area (Å²) in [7, 11) is 1.91. The van der Waals surface area contributed by atoms with Gasteiger partial charge in [0.1, 0.15) is 6.33 Å². The van der Waals surface area contributed by atoms with Crippen molar-refractivity contribution in [3.05, 3.63) is 77.1 Å². The first-order chi connectivity index (χ1) is 19.9. The number of carboxylic acids is 1. The Balaban J connectivity index is 1.32. The molecule has 11 heteroatoms. The monoisotopic (exact) mass is 582 g/mol. The summed E-state index contributed by atoms with van der Waals surface area (Å²) >= 11 is 1.59. The van der Waals surface area contributed by atoms with Gasteiger partial charge in [0.25, 0.3) is 0 Å². The minimum atomic E-state index is -0.777. The molecule has 1 aliphatic rings. The number of unbranched alkanes of at least 4 members (excludes halogenated alkanes) is 3. The average molecular weight is 583 g/mol. The van der Waals surface area contributed by atoms with Gasteiger partial charge in [0, 0.05) is 44.2 Å². The lowest BCUT2D eigenvalue weighted by Gasteiger charge is -2.36. The molecule has 1 aliphatic heterocycles. The second-order valence-electron chi connectivity index (χ2n) is 10.2. The third-order valence-electron chi connectivity index (χ3n) is 6.97. The summed E-state index contributed by atoms with van der Waals surface area (Å²) in [6, 6.07) is 15.7. The van der Waals surface area contributed by atoms with Crippen molar-refractivity contribution in [1.82, 2.24) is 20.1 Å². The van der Waals surface area contributed by atoms with E-state index in [-0.39, 0.29) is 31.1 Å². The van der Waals surface area contributed by atoms with E-state index in [4.69, 9.17) is 14.6 Å². The number of aliphatic carboxylic acids is 1. The van der Waals surface area contributed by atoms with Crippen molar-refractivity contribution >= 4 is 23.6 Å². The Morgan fingerprint density at radius 1 is 0.976 bits per heavy atom. The van der Waals surface area contributed by atoms with Gasteiger partial charge in [0.15, 0.2) is 11.4 Å². The van der Waals surface area contributed by atoms with Gasteiger partial charge in [0.05, 0.1) is 18.8 Å². The Labute approximate surface area is 244 Å². The van der Waals surface area contributed by atoms with Gasteiger partial charge in [-0.1, -0.05) is 73.1 Å². The number of hydrogen-bond acceptors (Lipinski definition) is 8. The molecule has 3 N–H and O–H groups in total. The van der Waals surface area contributed by atoms with Gasteiger partial charge in [0.2, 0.25) is 5.91 Å². The Bertz CT molecular complexity index is 1250. The molecule has 3 atom stereocenters. The van der Waals surface area contributed by atoms with E-state index in [0.29, 0.717) is 31.6 Å². The van der Waals surface area contributed by atoms with Crippen molar-refractivity contribution in [1.29, 1.82) is 0 Å². The number of hydrogen-bond donors (Lipinski definition) is 3. The molecule has 10 nitrogen and oxygen atoms in total. The highest BCUT2D eigenvalue weighted by Gasteiger charge is 2.32. The fraction of sp³-hybridized carbons (Fsp3) is 0.467. The van der Waals surface area contributed by atoms with E-state index in [2.05, 4.69) is 15.5 Å². The van der Waals surface area contributed by atoms with E-state index < -0.39 is 12.3 Å². The second-order valence-corrected chi connectivity index (χ2v) is 11.2. The van der Waals surface area contributed by atoms with Crippen molar-refractivity contribution in [2.24, 2.45) is 7.05 Å². The predicted octanol–water partition coefficient (Wildman–Crippen LogP) is 4.69. The summed E-state index contributed by atoms with van der Waals surface area (Å²) in [6.45, 7) is 0.428. The molecule has 2 heterocycles. The van der Waals surface area contributed by atoms with E-state index >= 15 is 0 Å². The number of aryl methyl sites for hydroxylation is 1. The van der Waals surface area contributed by atoms with E-state index in [9.17, 15) is 14.7 Å². The van der Waals surface area contributed by atoms with E-state index in [0.717, 1.165) is 46.7 Å². The van der Waals surface area contributed by atoms with E-state index in [1.165, 1.54) is 0 Å². The summed E-state index contributed by atoms with van der Waals surface area (Å²) in [6.07, 6.45) is 5.24. The average Bonchev–Trinajstić information content (AvgIpc) is 3.41. The Morgan fingerprint density at radius 2 is 1.66 bits per heavy atom. The summed E-state index contributed by atoms with van der Waals surface area (Å²) in [4.78, 5) is 22.8. The van der Waals surface area contributed by atoms with Gasteiger partial charge in [-0.15, -0.1) is 10.2 Å². The van der Waals surface area contributed by atoms with Crippen molar-refractivity contribution in [2.45, 2.75) is 81.8 Å². The number of aliphatic hydroxyl groups excluding tert-OH is 1. The molecule has 220 valence electrons. The number of carboxylic acid groups (broad SMARTS) is 1. The molecule has 41 heavy (non-hydrogen) atoms. The van der Waals surface area contributed by atoms with Gasteiger partial charge >= 0.3 is 5.97 Å². The third-order valence-corrected chi connectivity index (χ3v) is 8.14. The fourth-order valence-corrected chi connectivity index (χ4v) is 5.50. The Kier molecular flexibility index (Phi) is 11.7. The number of aliphatic hydroxyl groups is 1. The zero-order valence-electron chi connectivity index (χ0n) is 23.3. The number of benzene rings is 2. The zero-order valence-corrected chi connectivity index (χ0v) is 24.1. The number of carbonyl (C=O) groups is 2. The molecule has 0 spiro atoms. The molecule has 0 aliphatic carbocycles. The smallest absolute Gasteiger partial charge is 0.303 e. The van der Waals surface area contributed by atoms with Crippen LogP contribution in [0, 0.1) is 0 Å². The standard InChI is InChI=1S/C30H38N4O6S/c1-34-20-32-33-30(34)41-19-25-16-26(23-12-10-22(18-35)11-13-23)40-29(39-25)24-14-8-21(9-15-24)17-31-27(36)6-4-2-3-5-7-28(37)38/h8-15,20,25-26,29,35H,2-7,16-19H2,1H3,(H,31,36)(H,37,38)/t25-,26+,29+/m1/s1. The molecule has 2 aromatic carbocycles. The molecule has 0 unspecified atom stereocenters. The summed E-state index contributed by atoms with van der Waals surface area (Å²) in [5, 5.41) is 30.0.